The molecule has 0 fully saturated rings. The van der Waals surface area contributed by atoms with Crippen LogP contribution in [0.1, 0.15) is 23.4 Å². The molecule has 0 unspecified atom stereocenters. The minimum absolute atomic E-state index is 0.0181. The van der Waals surface area contributed by atoms with Crippen molar-refractivity contribution >= 4 is 26.7 Å². The molecule has 0 radical (unpaired) electrons. The Kier molecular flexibility index (Phi) is 6.19. The normalized spacial score (nSPS) is 11.6. The van der Waals surface area contributed by atoms with E-state index in [-0.39, 0.29) is 35.2 Å². The van der Waals surface area contributed by atoms with Crippen molar-refractivity contribution < 1.29 is 22.5 Å². The highest BCUT2D eigenvalue weighted by molar-refractivity contribution is 7.89. The van der Waals surface area contributed by atoms with Crippen molar-refractivity contribution in [1.29, 1.82) is 0 Å². The molecule has 0 bridgehead atoms. The van der Waals surface area contributed by atoms with Gasteiger partial charge in [-0.15, -0.1) is 0 Å². The molecule has 0 atom stereocenters. The van der Waals surface area contributed by atoms with Gasteiger partial charge in [0.1, 0.15) is 16.3 Å². The first-order chi connectivity index (χ1) is 13.8. The molecule has 2 N–H and O–H groups in total. The summed E-state index contributed by atoms with van der Waals surface area (Å²) in [6.07, 6.45) is 0.0212. The molecule has 0 saturated carbocycles. The van der Waals surface area contributed by atoms with Crippen molar-refractivity contribution in [3.05, 3.63) is 53.4 Å². The van der Waals surface area contributed by atoms with Gasteiger partial charge in [0.2, 0.25) is 15.9 Å². The van der Waals surface area contributed by atoms with Crippen LogP contribution in [0.25, 0.3) is 10.8 Å². The summed E-state index contributed by atoms with van der Waals surface area (Å²) in [5.41, 5.74) is 1.24. The van der Waals surface area contributed by atoms with Crippen molar-refractivity contribution in [1.82, 2.24) is 15.2 Å². The Morgan fingerprint density at radius 1 is 1.14 bits per heavy atom. The van der Waals surface area contributed by atoms with E-state index < -0.39 is 10.0 Å². The zero-order valence-electron chi connectivity index (χ0n) is 16.5. The zero-order valence-corrected chi connectivity index (χ0v) is 17.3. The number of hydrogen-bond acceptors (Lipinski definition) is 6. The minimum Gasteiger partial charge on any atom is -0.497 e. The summed E-state index contributed by atoms with van der Waals surface area (Å²) in [5, 5.41) is 8.54. The lowest BCUT2D eigenvalue weighted by atomic mass is 10.1. The van der Waals surface area contributed by atoms with Gasteiger partial charge in [-0.2, -0.15) is 0 Å². The van der Waals surface area contributed by atoms with E-state index in [1.54, 1.807) is 14.0 Å². The molecule has 154 valence electrons. The third-order valence-electron chi connectivity index (χ3n) is 4.48. The van der Waals surface area contributed by atoms with E-state index in [0.29, 0.717) is 6.54 Å². The van der Waals surface area contributed by atoms with E-state index in [4.69, 9.17) is 9.26 Å². The summed E-state index contributed by atoms with van der Waals surface area (Å²) in [6, 6.07) is 11.7. The Bertz CT molecular complexity index is 1120. The second-order valence-electron chi connectivity index (χ2n) is 6.63. The Labute approximate surface area is 169 Å². The van der Waals surface area contributed by atoms with Crippen molar-refractivity contribution in [2.75, 3.05) is 13.7 Å². The van der Waals surface area contributed by atoms with Gasteiger partial charge in [-0.3, -0.25) is 4.79 Å². The summed E-state index contributed by atoms with van der Waals surface area (Å²) in [4.78, 5) is 12.1. The monoisotopic (exact) mass is 417 g/mol. The molecule has 1 amide bonds. The first-order valence-corrected chi connectivity index (χ1v) is 10.5. The topological polar surface area (TPSA) is 111 Å². The van der Waals surface area contributed by atoms with Crippen molar-refractivity contribution in [3.8, 4) is 5.75 Å². The molecule has 9 heteroatoms. The summed E-state index contributed by atoms with van der Waals surface area (Å²) >= 11 is 0. The number of methoxy groups -OCH3 is 1. The molecule has 2 aromatic carbocycles. The fourth-order valence-corrected chi connectivity index (χ4v) is 4.39. The van der Waals surface area contributed by atoms with Gasteiger partial charge in [-0.25, -0.2) is 13.1 Å². The molecule has 0 aliphatic carbocycles. The lowest BCUT2D eigenvalue weighted by Gasteiger charge is -2.09. The van der Waals surface area contributed by atoms with Crippen LogP contribution in [0.3, 0.4) is 0 Å². The molecule has 0 saturated heterocycles. The smallest absolute Gasteiger partial charge is 0.245 e. The Morgan fingerprint density at radius 2 is 1.86 bits per heavy atom. The molecule has 0 spiro atoms. The van der Waals surface area contributed by atoms with E-state index in [1.807, 2.05) is 36.4 Å². The third kappa shape index (κ3) is 4.93. The quantitative estimate of drug-likeness (QED) is 0.582. The summed E-state index contributed by atoms with van der Waals surface area (Å²) in [7, 11) is -2.14. The van der Waals surface area contributed by atoms with E-state index in [9.17, 15) is 13.2 Å². The third-order valence-corrected chi connectivity index (χ3v) is 6.19. The van der Waals surface area contributed by atoms with E-state index >= 15 is 0 Å². The first kappa shape index (κ1) is 20.8. The molecular weight excluding hydrogens is 394 g/mol. The fourth-order valence-electron chi connectivity index (χ4n) is 3.03. The molecule has 3 aromatic rings. The second-order valence-corrected chi connectivity index (χ2v) is 8.33. The van der Waals surface area contributed by atoms with Gasteiger partial charge in [0.05, 0.1) is 7.11 Å². The summed E-state index contributed by atoms with van der Waals surface area (Å²) < 4.78 is 37.1. The lowest BCUT2D eigenvalue weighted by Crippen LogP contribution is -2.31. The summed E-state index contributed by atoms with van der Waals surface area (Å²) in [6.45, 7) is 3.42. The van der Waals surface area contributed by atoms with Crippen LogP contribution in [0.15, 0.2) is 45.8 Å². The van der Waals surface area contributed by atoms with Gasteiger partial charge < -0.3 is 14.6 Å². The van der Waals surface area contributed by atoms with E-state index in [0.717, 1.165) is 22.1 Å². The standard InChI is InChI=1S/C20H23N3O5S/c1-13-20(14(2)28-23-13)29(25,26)22-9-8-19(24)21-12-15-4-5-17-11-18(27-3)7-6-16(17)10-15/h4-7,10-11,22H,8-9,12H2,1-3H3,(H,21,24). The van der Waals surface area contributed by atoms with Crippen LogP contribution < -0.4 is 14.8 Å². The van der Waals surface area contributed by atoms with Crippen LogP contribution in [0.2, 0.25) is 0 Å². The molecule has 0 aliphatic rings. The number of carbonyl (C=O) groups excluding carboxylic acids is 1. The number of fused-ring (bicyclic) bond motifs is 1. The molecular formula is C20H23N3O5S. The minimum atomic E-state index is -3.77. The number of nitrogens with zero attached hydrogens (tertiary/aromatic N) is 1. The number of carbonyl (C=O) groups is 1. The molecule has 1 heterocycles. The summed E-state index contributed by atoms with van der Waals surface area (Å²) in [5.74, 6) is 0.757. The van der Waals surface area contributed by atoms with E-state index in [1.165, 1.54) is 6.92 Å². The maximum Gasteiger partial charge on any atom is 0.245 e. The number of rotatable bonds is 8. The van der Waals surface area contributed by atoms with Crippen molar-refractivity contribution in [2.24, 2.45) is 0 Å². The highest BCUT2D eigenvalue weighted by Gasteiger charge is 2.23. The number of aromatic nitrogens is 1. The average Bonchev–Trinajstić information content (AvgIpc) is 3.04. The first-order valence-electron chi connectivity index (χ1n) is 9.06. The lowest BCUT2D eigenvalue weighted by molar-refractivity contribution is -0.121. The number of ether oxygens (including phenoxy) is 1. The Balaban J connectivity index is 1.52. The van der Waals surface area contributed by atoms with Crippen LogP contribution in [-0.4, -0.2) is 33.1 Å². The molecule has 8 nitrogen and oxygen atoms in total. The van der Waals surface area contributed by atoms with Crippen LogP contribution in [0, 0.1) is 13.8 Å². The predicted octanol–water partition coefficient (Wildman–Crippen LogP) is 2.44. The van der Waals surface area contributed by atoms with Crippen LogP contribution >= 0.6 is 0 Å². The molecule has 1 aromatic heterocycles. The molecule has 0 aliphatic heterocycles. The predicted molar refractivity (Wildman–Crippen MR) is 108 cm³/mol. The Morgan fingerprint density at radius 3 is 2.55 bits per heavy atom. The Hall–Kier alpha value is -2.91. The number of amides is 1. The number of aryl methyl sites for hydroxylation is 2. The number of nitrogens with one attached hydrogen (secondary N) is 2. The zero-order chi connectivity index (χ0) is 21.0. The van der Waals surface area contributed by atoms with Crippen molar-refractivity contribution in [3.63, 3.8) is 0 Å². The number of sulfonamides is 1. The highest BCUT2D eigenvalue weighted by atomic mass is 32.2. The van der Waals surface area contributed by atoms with Crippen LogP contribution in [-0.2, 0) is 21.4 Å². The molecule has 3 rings (SSSR count). The van der Waals surface area contributed by atoms with Gasteiger partial charge in [-0.05, 0) is 48.4 Å². The van der Waals surface area contributed by atoms with Crippen LogP contribution in [0.5, 0.6) is 5.75 Å². The number of benzene rings is 2. The molecule has 29 heavy (non-hydrogen) atoms. The highest BCUT2D eigenvalue weighted by Crippen LogP contribution is 2.22. The average molecular weight is 417 g/mol. The van der Waals surface area contributed by atoms with Gasteiger partial charge in [0, 0.05) is 19.5 Å². The van der Waals surface area contributed by atoms with E-state index in [2.05, 4.69) is 15.2 Å². The second kappa shape index (κ2) is 8.62. The van der Waals surface area contributed by atoms with Gasteiger partial charge in [0.25, 0.3) is 0 Å². The maximum absolute atomic E-state index is 12.3. The van der Waals surface area contributed by atoms with Gasteiger partial charge in [-0.1, -0.05) is 23.4 Å². The van der Waals surface area contributed by atoms with Gasteiger partial charge >= 0.3 is 0 Å². The number of hydrogen-bond donors (Lipinski definition) is 2. The fraction of sp³-hybridized carbons (Fsp3) is 0.300. The van der Waals surface area contributed by atoms with Crippen molar-refractivity contribution in [2.45, 2.75) is 31.7 Å². The maximum atomic E-state index is 12.3. The van der Waals surface area contributed by atoms with Gasteiger partial charge in [0.15, 0.2) is 5.76 Å². The van der Waals surface area contributed by atoms with Crippen LogP contribution in [0.4, 0.5) is 0 Å². The largest absolute Gasteiger partial charge is 0.497 e. The SMILES string of the molecule is COc1ccc2cc(CNC(=O)CCNS(=O)(=O)c3c(C)noc3C)ccc2c1.